The van der Waals surface area contributed by atoms with Gasteiger partial charge in [0.2, 0.25) is 0 Å². The maximum atomic E-state index is 9.98. The first-order chi connectivity index (χ1) is 3.48. The van der Waals surface area contributed by atoms with Crippen LogP contribution in [0.2, 0.25) is 0 Å². The third kappa shape index (κ3) is 7.32. The molecule has 0 bridgehead atoms. The Labute approximate surface area is 97.6 Å². The fraction of sp³-hybridized carbons (Fsp3) is 0.667. The van der Waals surface area contributed by atoms with E-state index in [0.717, 1.165) is 6.92 Å². The van der Waals surface area contributed by atoms with Crippen LogP contribution in [0.5, 0.6) is 0 Å². The summed E-state index contributed by atoms with van der Waals surface area (Å²) in [7, 11) is 0. The smallest absolute Gasteiger partial charge is 1.00 e. The van der Waals surface area contributed by atoms with Crippen LogP contribution < -0.4 is 29.6 Å². The SMILES string of the molecule is CC(O)(O)C(=O)OCl.[AlH3].[H-].[Na+]. The Balaban J connectivity index is -0.0000000817. The summed E-state index contributed by atoms with van der Waals surface area (Å²) in [5.74, 6) is -3.78. The van der Waals surface area contributed by atoms with Crippen molar-refractivity contribution < 1.29 is 50.3 Å². The van der Waals surface area contributed by atoms with E-state index in [9.17, 15) is 4.79 Å². The zero-order chi connectivity index (χ0) is 6.78. The van der Waals surface area contributed by atoms with Gasteiger partial charge < -0.3 is 15.9 Å². The Kier molecular flexibility index (Phi) is 12.0. The Bertz CT molecular complexity index is 108. The zero-order valence-electron chi connectivity index (χ0n) is 6.09. The van der Waals surface area contributed by atoms with Gasteiger partial charge in [0, 0.05) is 6.92 Å². The van der Waals surface area contributed by atoms with Crippen LogP contribution in [-0.2, 0) is 9.08 Å². The molecule has 0 aromatic heterocycles. The largest absolute Gasteiger partial charge is 1.00 e. The van der Waals surface area contributed by atoms with Crippen molar-refractivity contribution in [1.82, 2.24) is 0 Å². The van der Waals surface area contributed by atoms with E-state index in [1.165, 1.54) is 0 Å². The van der Waals surface area contributed by atoms with Crippen LogP contribution in [0.4, 0.5) is 0 Å². The van der Waals surface area contributed by atoms with Crippen molar-refractivity contribution >= 4 is 35.2 Å². The number of halogens is 1. The van der Waals surface area contributed by atoms with Gasteiger partial charge in [-0.3, -0.25) is 0 Å². The molecule has 0 rings (SSSR count). The first-order valence-corrected chi connectivity index (χ1v) is 2.07. The predicted octanol–water partition coefficient (Wildman–Crippen LogP) is -4.68. The van der Waals surface area contributed by atoms with Gasteiger partial charge in [0.15, 0.2) is 17.4 Å². The number of aliphatic hydroxyl groups is 2. The first kappa shape index (κ1) is 17.3. The van der Waals surface area contributed by atoms with E-state index in [4.69, 9.17) is 10.2 Å². The van der Waals surface area contributed by atoms with E-state index >= 15 is 0 Å². The number of carbonyl (C=O) groups excluding carboxylic acids is 1. The summed E-state index contributed by atoms with van der Waals surface area (Å²) in [6.45, 7) is 0.845. The quantitative estimate of drug-likeness (QED) is 0.325. The molecule has 0 aliphatic heterocycles. The topological polar surface area (TPSA) is 66.8 Å². The fourth-order valence-electron chi connectivity index (χ4n) is 0.0731. The molecule has 0 spiro atoms. The molecule has 0 aliphatic carbocycles. The summed E-state index contributed by atoms with van der Waals surface area (Å²) in [5, 5.41) is 16.6. The average Bonchev–Trinajstić information content (AvgIpc) is 1.62. The second kappa shape index (κ2) is 6.89. The molecule has 0 heterocycles. The van der Waals surface area contributed by atoms with Crippen LogP contribution in [0.1, 0.15) is 8.35 Å². The molecule has 10 heavy (non-hydrogen) atoms. The second-order valence-electron chi connectivity index (χ2n) is 1.39. The van der Waals surface area contributed by atoms with Crippen LogP contribution in [0.3, 0.4) is 0 Å². The van der Waals surface area contributed by atoms with Crippen LogP contribution >= 0.6 is 11.9 Å². The molecule has 0 aromatic rings. The molecular weight excluding hydrogens is 185 g/mol. The van der Waals surface area contributed by atoms with Gasteiger partial charge in [-0.1, -0.05) is 0 Å². The van der Waals surface area contributed by atoms with Crippen molar-refractivity contribution in [3.05, 3.63) is 0 Å². The van der Waals surface area contributed by atoms with Crippen molar-refractivity contribution in [3.8, 4) is 0 Å². The molecule has 0 aliphatic rings. The minimum Gasteiger partial charge on any atom is -1.00 e. The Morgan fingerprint density at radius 1 is 1.70 bits per heavy atom. The van der Waals surface area contributed by atoms with Gasteiger partial charge in [0.25, 0.3) is 5.79 Å². The summed E-state index contributed by atoms with van der Waals surface area (Å²) < 4.78 is 3.45. The fourth-order valence-corrected chi connectivity index (χ4v) is 0.219. The van der Waals surface area contributed by atoms with Crippen molar-refractivity contribution in [2.24, 2.45) is 0 Å². The van der Waals surface area contributed by atoms with E-state index in [0.29, 0.717) is 0 Å². The van der Waals surface area contributed by atoms with Crippen molar-refractivity contribution in [2.75, 3.05) is 0 Å². The first-order valence-electron chi connectivity index (χ1n) is 1.76. The van der Waals surface area contributed by atoms with E-state index in [-0.39, 0.29) is 48.3 Å². The average molecular weight is 195 g/mol. The molecule has 0 saturated heterocycles. The summed E-state index contributed by atoms with van der Waals surface area (Å²) >= 11 is 4.47. The molecular formula is C3H9AlClNaO4. The molecule has 0 fully saturated rings. The summed E-state index contributed by atoms with van der Waals surface area (Å²) in [6.07, 6.45) is 0. The maximum Gasteiger partial charge on any atom is 1.00 e. The third-order valence-electron chi connectivity index (χ3n) is 0.457. The molecule has 2 N–H and O–H groups in total. The Hall–Kier alpha value is 1.21. The molecule has 4 nitrogen and oxygen atoms in total. The standard InChI is InChI=1S/C3H5ClO4.Al.Na.4H/c1-3(6,7)2(5)8-4;;;;;;/h6-7H,1H3;;;;;;/q;;+1;;;;-1. The van der Waals surface area contributed by atoms with Crippen molar-refractivity contribution in [2.45, 2.75) is 12.7 Å². The predicted molar refractivity (Wildman–Crippen MR) is 35.8 cm³/mol. The number of hydrogen-bond donors (Lipinski definition) is 2. The molecule has 0 unspecified atom stereocenters. The number of hydrogen-bond acceptors (Lipinski definition) is 4. The normalized spacial score (nSPS) is 8.80. The Morgan fingerprint density at radius 3 is 2.00 bits per heavy atom. The van der Waals surface area contributed by atoms with Gasteiger partial charge in [-0.2, -0.15) is 0 Å². The van der Waals surface area contributed by atoms with Gasteiger partial charge in [-0.05, 0) is 0 Å². The van der Waals surface area contributed by atoms with Crippen molar-refractivity contribution in [1.29, 1.82) is 0 Å². The van der Waals surface area contributed by atoms with E-state index in [1.807, 2.05) is 0 Å². The minimum absolute atomic E-state index is 0. The number of carbonyl (C=O) groups is 1. The second-order valence-corrected chi connectivity index (χ2v) is 1.54. The molecule has 0 saturated carbocycles. The van der Waals surface area contributed by atoms with Gasteiger partial charge in [0.05, 0.1) is 0 Å². The molecule has 0 atom stereocenters. The van der Waals surface area contributed by atoms with Crippen molar-refractivity contribution in [3.63, 3.8) is 0 Å². The molecule has 7 heteroatoms. The van der Waals surface area contributed by atoms with Crippen LogP contribution in [0.25, 0.3) is 0 Å². The molecule has 56 valence electrons. The van der Waals surface area contributed by atoms with Crippen LogP contribution in [0, 0.1) is 0 Å². The molecule has 0 amide bonds. The molecule has 0 aromatic carbocycles. The van der Waals surface area contributed by atoms with Gasteiger partial charge >= 0.3 is 35.5 Å². The minimum atomic E-state index is -2.48. The van der Waals surface area contributed by atoms with Crippen LogP contribution in [-0.4, -0.2) is 39.3 Å². The molecule has 0 radical (unpaired) electrons. The van der Waals surface area contributed by atoms with E-state index in [1.54, 1.807) is 0 Å². The Morgan fingerprint density at radius 2 is 2.00 bits per heavy atom. The van der Waals surface area contributed by atoms with Gasteiger partial charge in [0.1, 0.15) is 11.9 Å². The maximum absolute atomic E-state index is 9.98. The summed E-state index contributed by atoms with van der Waals surface area (Å²) in [5.41, 5.74) is 0. The van der Waals surface area contributed by atoms with E-state index < -0.39 is 11.8 Å². The summed E-state index contributed by atoms with van der Waals surface area (Å²) in [6, 6.07) is 0. The van der Waals surface area contributed by atoms with Crippen LogP contribution in [0.15, 0.2) is 0 Å². The zero-order valence-corrected chi connectivity index (χ0v) is 7.84. The third-order valence-corrected chi connectivity index (χ3v) is 0.597. The van der Waals surface area contributed by atoms with E-state index in [2.05, 4.69) is 16.2 Å². The number of rotatable bonds is 1. The van der Waals surface area contributed by atoms with Gasteiger partial charge in [-0.25, -0.2) is 4.79 Å². The monoisotopic (exact) mass is 194 g/mol. The van der Waals surface area contributed by atoms with Gasteiger partial charge in [-0.15, -0.1) is 0 Å². The summed E-state index contributed by atoms with van der Waals surface area (Å²) in [4.78, 5) is 9.98.